The Balaban J connectivity index is 2.34. The average molecular weight is 200 g/mol. The van der Waals surface area contributed by atoms with E-state index in [1.807, 2.05) is 19.1 Å². The topological polar surface area (TPSA) is 21.3 Å². The van der Waals surface area contributed by atoms with Crippen molar-refractivity contribution in [2.45, 2.75) is 24.8 Å². The Hall–Kier alpha value is -0.470. The molecule has 72 valence electrons. The Morgan fingerprint density at radius 1 is 1.62 bits per heavy atom. The van der Waals surface area contributed by atoms with Crippen molar-refractivity contribution in [3.63, 3.8) is 0 Å². The lowest BCUT2D eigenvalue weighted by Crippen LogP contribution is -2.52. The molecule has 2 atom stereocenters. The highest BCUT2D eigenvalue weighted by Gasteiger charge is 2.40. The van der Waals surface area contributed by atoms with Crippen molar-refractivity contribution in [3.05, 3.63) is 23.5 Å². The third kappa shape index (κ3) is 1.38. The molecular weight excluding hydrogens is 186 g/mol. The van der Waals surface area contributed by atoms with E-state index in [2.05, 4.69) is 12.2 Å². The Kier molecular flexibility index (Phi) is 2.12. The largest absolute Gasteiger partial charge is 0.495 e. The number of ether oxygens (including phenoxy) is 1. The van der Waals surface area contributed by atoms with Crippen LogP contribution < -0.4 is 5.32 Å². The number of hydrogen-bond donors (Lipinski definition) is 1. The minimum Gasteiger partial charge on any atom is -0.495 e. The second-order valence-electron chi connectivity index (χ2n) is 3.73. The zero-order valence-corrected chi connectivity index (χ0v) is 8.69. The van der Waals surface area contributed by atoms with Crippen LogP contribution in [0.1, 0.15) is 13.8 Å². The summed E-state index contributed by atoms with van der Waals surface area (Å²) in [7, 11) is 0. The number of fused-ring (bicyclic) bond motifs is 1. The number of halogens is 1. The van der Waals surface area contributed by atoms with E-state index in [-0.39, 0.29) is 10.9 Å². The maximum atomic E-state index is 6.44. The zero-order valence-electron chi connectivity index (χ0n) is 7.93. The summed E-state index contributed by atoms with van der Waals surface area (Å²) in [5, 5.41) is 3.38. The summed E-state index contributed by atoms with van der Waals surface area (Å²) in [5.74, 6) is 0.967. The van der Waals surface area contributed by atoms with Crippen molar-refractivity contribution in [1.82, 2.24) is 5.32 Å². The molecule has 0 aromatic rings. The first-order valence-corrected chi connectivity index (χ1v) is 4.94. The van der Waals surface area contributed by atoms with Crippen LogP contribution >= 0.6 is 11.6 Å². The summed E-state index contributed by atoms with van der Waals surface area (Å²) in [6.07, 6.45) is 4.04. The first kappa shape index (κ1) is 9.10. The number of morpholine rings is 1. The fraction of sp³-hybridized carbons (Fsp3) is 0.600. The van der Waals surface area contributed by atoms with Gasteiger partial charge >= 0.3 is 0 Å². The van der Waals surface area contributed by atoms with E-state index in [1.165, 1.54) is 5.57 Å². The maximum absolute atomic E-state index is 6.44. The van der Waals surface area contributed by atoms with Crippen LogP contribution in [-0.4, -0.2) is 24.1 Å². The second kappa shape index (κ2) is 3.03. The van der Waals surface area contributed by atoms with E-state index >= 15 is 0 Å². The summed E-state index contributed by atoms with van der Waals surface area (Å²) in [5.41, 5.74) is 1.18. The summed E-state index contributed by atoms with van der Waals surface area (Å²) in [4.78, 5) is -0.343. The number of hydrogen-bond acceptors (Lipinski definition) is 2. The third-order valence-corrected chi connectivity index (χ3v) is 3.33. The number of alkyl halides is 1. The van der Waals surface area contributed by atoms with Crippen LogP contribution in [0.3, 0.4) is 0 Å². The van der Waals surface area contributed by atoms with Gasteiger partial charge in [0.05, 0.1) is 10.9 Å². The molecule has 2 unspecified atom stereocenters. The highest BCUT2D eigenvalue weighted by Crippen LogP contribution is 2.36. The molecule has 0 amide bonds. The standard InChI is InChI=1S/C10H14ClNO/c1-7-3-4-8-9(10(7,2)11)12-5-6-13-8/h3-4,9,12H,5-6H2,1-2H3. The molecule has 1 saturated heterocycles. The van der Waals surface area contributed by atoms with Gasteiger partial charge in [-0.15, -0.1) is 11.6 Å². The van der Waals surface area contributed by atoms with Crippen LogP contribution in [0.25, 0.3) is 0 Å². The van der Waals surface area contributed by atoms with Crippen molar-refractivity contribution >= 4 is 11.6 Å². The fourth-order valence-electron chi connectivity index (χ4n) is 1.76. The molecule has 0 radical (unpaired) electrons. The molecular formula is C10H14ClNO. The van der Waals surface area contributed by atoms with Crippen LogP contribution in [0.15, 0.2) is 23.5 Å². The molecule has 1 aliphatic carbocycles. The number of allylic oxidation sites excluding steroid dienone is 2. The molecule has 2 aliphatic rings. The van der Waals surface area contributed by atoms with Gasteiger partial charge in [0.15, 0.2) is 0 Å². The van der Waals surface area contributed by atoms with Gasteiger partial charge in [-0.2, -0.15) is 0 Å². The predicted molar refractivity (Wildman–Crippen MR) is 53.8 cm³/mol. The molecule has 3 heteroatoms. The molecule has 1 aliphatic heterocycles. The Morgan fingerprint density at radius 3 is 3.15 bits per heavy atom. The lowest BCUT2D eigenvalue weighted by Gasteiger charge is -2.40. The van der Waals surface area contributed by atoms with E-state index in [9.17, 15) is 0 Å². The van der Waals surface area contributed by atoms with E-state index in [0.29, 0.717) is 0 Å². The minimum atomic E-state index is -0.343. The molecule has 1 fully saturated rings. The molecule has 0 aromatic carbocycles. The molecule has 0 aromatic heterocycles. The summed E-state index contributed by atoms with van der Waals surface area (Å²) in [6.45, 7) is 5.69. The Morgan fingerprint density at radius 2 is 2.38 bits per heavy atom. The van der Waals surface area contributed by atoms with Gasteiger partial charge in [0, 0.05) is 6.54 Å². The zero-order chi connectivity index (χ0) is 9.47. The van der Waals surface area contributed by atoms with Gasteiger partial charge in [0.1, 0.15) is 12.4 Å². The summed E-state index contributed by atoms with van der Waals surface area (Å²) in [6, 6.07) is 0.132. The van der Waals surface area contributed by atoms with E-state index in [0.717, 1.165) is 18.9 Å². The molecule has 0 spiro atoms. The van der Waals surface area contributed by atoms with Gasteiger partial charge < -0.3 is 10.1 Å². The second-order valence-corrected chi connectivity index (χ2v) is 4.52. The monoisotopic (exact) mass is 199 g/mol. The number of rotatable bonds is 0. The predicted octanol–water partition coefficient (Wildman–Crippen LogP) is 1.82. The lowest BCUT2D eigenvalue weighted by atomic mass is 9.87. The fourth-order valence-corrected chi connectivity index (χ4v) is 2.00. The van der Waals surface area contributed by atoms with Gasteiger partial charge in [-0.25, -0.2) is 0 Å². The van der Waals surface area contributed by atoms with Crippen molar-refractivity contribution in [1.29, 1.82) is 0 Å². The number of nitrogens with one attached hydrogen (secondary N) is 1. The maximum Gasteiger partial charge on any atom is 0.115 e. The quantitative estimate of drug-likeness (QED) is 0.601. The van der Waals surface area contributed by atoms with Gasteiger partial charge in [0.2, 0.25) is 0 Å². The van der Waals surface area contributed by atoms with E-state index in [4.69, 9.17) is 16.3 Å². The first-order valence-electron chi connectivity index (χ1n) is 4.56. The molecule has 13 heavy (non-hydrogen) atoms. The molecule has 2 nitrogen and oxygen atoms in total. The van der Waals surface area contributed by atoms with Gasteiger partial charge in [-0.1, -0.05) is 11.6 Å². The minimum absolute atomic E-state index is 0.132. The van der Waals surface area contributed by atoms with Crippen LogP contribution in [-0.2, 0) is 4.74 Å². The van der Waals surface area contributed by atoms with Gasteiger partial charge in [-0.05, 0) is 19.9 Å². The van der Waals surface area contributed by atoms with Crippen molar-refractivity contribution in [2.24, 2.45) is 0 Å². The smallest absolute Gasteiger partial charge is 0.115 e. The molecule has 2 rings (SSSR count). The Labute approximate surface area is 83.6 Å². The van der Waals surface area contributed by atoms with Crippen LogP contribution in [0, 0.1) is 0 Å². The van der Waals surface area contributed by atoms with E-state index in [1.54, 1.807) is 0 Å². The normalized spacial score (nSPS) is 38.5. The lowest BCUT2D eigenvalue weighted by molar-refractivity contribution is 0.137. The summed E-state index contributed by atoms with van der Waals surface area (Å²) >= 11 is 6.44. The molecule has 1 heterocycles. The molecule has 0 bridgehead atoms. The molecule has 0 saturated carbocycles. The average Bonchev–Trinajstić information content (AvgIpc) is 2.13. The van der Waals surface area contributed by atoms with Gasteiger partial charge in [0.25, 0.3) is 0 Å². The Bertz CT molecular complexity index is 281. The van der Waals surface area contributed by atoms with Gasteiger partial charge in [-0.3, -0.25) is 0 Å². The molecule has 1 N–H and O–H groups in total. The first-order chi connectivity index (χ1) is 6.12. The van der Waals surface area contributed by atoms with Crippen LogP contribution in [0.4, 0.5) is 0 Å². The van der Waals surface area contributed by atoms with Crippen molar-refractivity contribution < 1.29 is 4.74 Å². The SMILES string of the molecule is CC1=CC=C2OCCNC2C1(C)Cl. The third-order valence-electron chi connectivity index (χ3n) is 2.81. The summed E-state index contributed by atoms with van der Waals surface area (Å²) < 4.78 is 5.54. The highest BCUT2D eigenvalue weighted by atomic mass is 35.5. The van der Waals surface area contributed by atoms with Crippen LogP contribution in [0.2, 0.25) is 0 Å². The van der Waals surface area contributed by atoms with Crippen molar-refractivity contribution in [2.75, 3.05) is 13.2 Å². The van der Waals surface area contributed by atoms with E-state index < -0.39 is 0 Å². The highest BCUT2D eigenvalue weighted by molar-refractivity contribution is 6.26. The van der Waals surface area contributed by atoms with Crippen molar-refractivity contribution in [3.8, 4) is 0 Å². The van der Waals surface area contributed by atoms with Crippen LogP contribution in [0.5, 0.6) is 0 Å².